The van der Waals surface area contributed by atoms with Gasteiger partial charge in [0.1, 0.15) is 0 Å². The summed E-state index contributed by atoms with van der Waals surface area (Å²) in [6.45, 7) is 11.2. The van der Waals surface area contributed by atoms with Crippen molar-refractivity contribution < 1.29 is 9.53 Å². The molecule has 0 atom stereocenters. The van der Waals surface area contributed by atoms with Gasteiger partial charge in [0.05, 0.1) is 6.10 Å². The minimum absolute atomic E-state index is 0.0991. The Morgan fingerprint density at radius 3 is 2.36 bits per heavy atom. The molecule has 1 amide bonds. The Kier molecular flexibility index (Phi) is 5.77. The SMILES string of the molecule is CC(C)OCCCNC(=O)C(C)(C)C. The van der Waals surface area contributed by atoms with E-state index >= 15 is 0 Å². The van der Waals surface area contributed by atoms with E-state index in [1.54, 1.807) is 0 Å². The molecular formula is C11H23NO2. The zero-order valence-electron chi connectivity index (χ0n) is 10.0. The summed E-state index contributed by atoms with van der Waals surface area (Å²) in [7, 11) is 0. The number of amides is 1. The Labute approximate surface area is 87.2 Å². The first-order valence-corrected chi connectivity index (χ1v) is 5.24. The Hall–Kier alpha value is -0.570. The van der Waals surface area contributed by atoms with Gasteiger partial charge in [-0.2, -0.15) is 0 Å². The Bertz CT molecular complexity index is 171. The van der Waals surface area contributed by atoms with Gasteiger partial charge in [-0.05, 0) is 20.3 Å². The first-order valence-electron chi connectivity index (χ1n) is 5.24. The van der Waals surface area contributed by atoms with Gasteiger partial charge in [-0.25, -0.2) is 0 Å². The molecule has 0 saturated heterocycles. The lowest BCUT2D eigenvalue weighted by atomic mass is 9.96. The molecule has 0 saturated carbocycles. The molecule has 0 aliphatic rings. The first-order chi connectivity index (χ1) is 6.34. The number of carbonyl (C=O) groups is 1. The number of carbonyl (C=O) groups excluding carboxylic acids is 1. The molecule has 3 heteroatoms. The molecule has 0 heterocycles. The summed E-state index contributed by atoms with van der Waals surface area (Å²) >= 11 is 0. The number of hydrogen-bond acceptors (Lipinski definition) is 2. The van der Waals surface area contributed by atoms with Crippen LogP contribution in [0.3, 0.4) is 0 Å². The van der Waals surface area contributed by atoms with Gasteiger partial charge in [-0.15, -0.1) is 0 Å². The van der Waals surface area contributed by atoms with Crippen LogP contribution in [0.1, 0.15) is 41.0 Å². The number of nitrogens with one attached hydrogen (secondary N) is 1. The fraction of sp³-hybridized carbons (Fsp3) is 0.909. The smallest absolute Gasteiger partial charge is 0.225 e. The molecule has 3 nitrogen and oxygen atoms in total. The maximum Gasteiger partial charge on any atom is 0.225 e. The van der Waals surface area contributed by atoms with Gasteiger partial charge in [0.15, 0.2) is 0 Å². The molecule has 0 aromatic heterocycles. The van der Waals surface area contributed by atoms with Gasteiger partial charge >= 0.3 is 0 Å². The van der Waals surface area contributed by atoms with Crippen LogP contribution in [0.2, 0.25) is 0 Å². The maximum absolute atomic E-state index is 11.4. The monoisotopic (exact) mass is 201 g/mol. The summed E-state index contributed by atoms with van der Waals surface area (Å²) in [5, 5.41) is 2.88. The van der Waals surface area contributed by atoms with Crippen molar-refractivity contribution in [2.75, 3.05) is 13.2 Å². The van der Waals surface area contributed by atoms with E-state index in [1.807, 2.05) is 34.6 Å². The van der Waals surface area contributed by atoms with Gasteiger partial charge in [0.25, 0.3) is 0 Å². The largest absolute Gasteiger partial charge is 0.379 e. The third kappa shape index (κ3) is 6.89. The second-order valence-corrected chi connectivity index (χ2v) is 4.78. The summed E-state index contributed by atoms with van der Waals surface area (Å²) < 4.78 is 5.36. The molecule has 0 rings (SSSR count). The van der Waals surface area contributed by atoms with Crippen LogP contribution < -0.4 is 5.32 Å². The van der Waals surface area contributed by atoms with Gasteiger partial charge in [-0.1, -0.05) is 20.8 Å². The van der Waals surface area contributed by atoms with Crippen molar-refractivity contribution in [3.05, 3.63) is 0 Å². The second kappa shape index (κ2) is 6.02. The maximum atomic E-state index is 11.4. The normalized spacial score (nSPS) is 11.9. The van der Waals surface area contributed by atoms with Crippen LogP contribution in [-0.4, -0.2) is 25.2 Å². The molecule has 0 bridgehead atoms. The number of hydrogen-bond donors (Lipinski definition) is 1. The van der Waals surface area contributed by atoms with Crippen LogP contribution in [0, 0.1) is 5.41 Å². The first kappa shape index (κ1) is 13.4. The predicted molar refractivity (Wildman–Crippen MR) is 58.2 cm³/mol. The van der Waals surface area contributed by atoms with E-state index in [9.17, 15) is 4.79 Å². The highest BCUT2D eigenvalue weighted by Crippen LogP contribution is 2.11. The van der Waals surface area contributed by atoms with Crippen molar-refractivity contribution >= 4 is 5.91 Å². The number of ether oxygens (including phenoxy) is 1. The van der Waals surface area contributed by atoms with E-state index in [-0.39, 0.29) is 17.4 Å². The standard InChI is InChI=1S/C11H23NO2/c1-9(2)14-8-6-7-12-10(13)11(3,4)5/h9H,6-8H2,1-5H3,(H,12,13). The minimum atomic E-state index is -0.293. The van der Waals surface area contributed by atoms with Crippen molar-refractivity contribution in [2.45, 2.75) is 47.1 Å². The van der Waals surface area contributed by atoms with Crippen LogP contribution in [0.25, 0.3) is 0 Å². The molecule has 0 aromatic rings. The van der Waals surface area contributed by atoms with E-state index in [2.05, 4.69) is 5.32 Å². The van der Waals surface area contributed by atoms with Gasteiger partial charge < -0.3 is 10.1 Å². The predicted octanol–water partition coefficient (Wildman–Crippen LogP) is 1.96. The summed E-state index contributed by atoms with van der Waals surface area (Å²) in [6.07, 6.45) is 1.15. The molecule has 0 fully saturated rings. The summed E-state index contributed by atoms with van der Waals surface area (Å²) in [5.41, 5.74) is -0.293. The lowest BCUT2D eigenvalue weighted by Crippen LogP contribution is -2.35. The average Bonchev–Trinajstić information content (AvgIpc) is 2.01. The Morgan fingerprint density at radius 1 is 1.36 bits per heavy atom. The van der Waals surface area contributed by atoms with E-state index in [0.717, 1.165) is 6.42 Å². The Morgan fingerprint density at radius 2 is 1.93 bits per heavy atom. The average molecular weight is 201 g/mol. The van der Waals surface area contributed by atoms with Crippen LogP contribution in [0.15, 0.2) is 0 Å². The molecule has 0 aliphatic heterocycles. The van der Waals surface area contributed by atoms with Crippen LogP contribution in [0.5, 0.6) is 0 Å². The van der Waals surface area contributed by atoms with Crippen molar-refractivity contribution in [1.82, 2.24) is 5.32 Å². The minimum Gasteiger partial charge on any atom is -0.379 e. The molecule has 0 spiro atoms. The third-order valence-electron chi connectivity index (χ3n) is 1.74. The highest BCUT2D eigenvalue weighted by molar-refractivity contribution is 5.81. The summed E-state index contributed by atoms with van der Waals surface area (Å²) in [6, 6.07) is 0. The highest BCUT2D eigenvalue weighted by Gasteiger charge is 2.19. The molecule has 0 unspecified atom stereocenters. The zero-order valence-corrected chi connectivity index (χ0v) is 10.0. The molecule has 14 heavy (non-hydrogen) atoms. The van der Waals surface area contributed by atoms with Gasteiger partial charge in [0.2, 0.25) is 5.91 Å². The quantitative estimate of drug-likeness (QED) is 0.691. The van der Waals surface area contributed by atoms with Crippen LogP contribution in [-0.2, 0) is 9.53 Å². The van der Waals surface area contributed by atoms with Crippen LogP contribution >= 0.6 is 0 Å². The van der Waals surface area contributed by atoms with E-state index in [1.165, 1.54) is 0 Å². The van der Waals surface area contributed by atoms with Crippen molar-refractivity contribution in [3.63, 3.8) is 0 Å². The molecular weight excluding hydrogens is 178 g/mol. The van der Waals surface area contributed by atoms with Crippen molar-refractivity contribution in [2.24, 2.45) is 5.41 Å². The molecule has 0 aliphatic carbocycles. The highest BCUT2D eigenvalue weighted by atomic mass is 16.5. The molecule has 0 aromatic carbocycles. The van der Waals surface area contributed by atoms with E-state index in [4.69, 9.17) is 4.74 Å². The third-order valence-corrected chi connectivity index (χ3v) is 1.74. The zero-order chi connectivity index (χ0) is 11.2. The molecule has 1 N–H and O–H groups in total. The topological polar surface area (TPSA) is 38.3 Å². The Balaban J connectivity index is 3.42. The van der Waals surface area contributed by atoms with E-state index in [0.29, 0.717) is 13.2 Å². The van der Waals surface area contributed by atoms with Gasteiger partial charge in [0, 0.05) is 18.6 Å². The second-order valence-electron chi connectivity index (χ2n) is 4.78. The molecule has 84 valence electrons. The molecule has 0 radical (unpaired) electrons. The van der Waals surface area contributed by atoms with Gasteiger partial charge in [-0.3, -0.25) is 4.79 Å². The summed E-state index contributed by atoms with van der Waals surface area (Å²) in [5.74, 6) is 0.0991. The van der Waals surface area contributed by atoms with E-state index < -0.39 is 0 Å². The fourth-order valence-electron chi connectivity index (χ4n) is 0.858. The summed E-state index contributed by atoms with van der Waals surface area (Å²) in [4.78, 5) is 11.4. The lowest BCUT2D eigenvalue weighted by Gasteiger charge is -2.17. The lowest BCUT2D eigenvalue weighted by molar-refractivity contribution is -0.128. The van der Waals surface area contributed by atoms with Crippen LogP contribution in [0.4, 0.5) is 0 Å². The number of rotatable bonds is 5. The fourth-order valence-corrected chi connectivity index (χ4v) is 0.858. The van der Waals surface area contributed by atoms with Crippen molar-refractivity contribution in [3.8, 4) is 0 Å². The van der Waals surface area contributed by atoms with Crippen molar-refractivity contribution in [1.29, 1.82) is 0 Å².